The van der Waals surface area contributed by atoms with Crippen LogP contribution in [0.4, 0.5) is 5.69 Å². The van der Waals surface area contributed by atoms with Crippen molar-refractivity contribution >= 4 is 11.6 Å². The molecule has 1 amide bonds. The van der Waals surface area contributed by atoms with Crippen molar-refractivity contribution in [3.63, 3.8) is 0 Å². The fraction of sp³-hybridized carbons (Fsp3) is 0.174. The van der Waals surface area contributed by atoms with Gasteiger partial charge in [0.15, 0.2) is 11.5 Å². The van der Waals surface area contributed by atoms with Crippen LogP contribution >= 0.6 is 0 Å². The van der Waals surface area contributed by atoms with Crippen LogP contribution in [-0.4, -0.2) is 34.0 Å². The SMILES string of the molecule is O=C(Cn1cccc1-c1nc(-c2ccc3c(c2)OCO3)no1)N1CCc2ccccc21. The van der Waals surface area contributed by atoms with Gasteiger partial charge >= 0.3 is 0 Å². The van der Waals surface area contributed by atoms with Gasteiger partial charge in [-0.2, -0.15) is 4.98 Å². The molecule has 0 atom stereocenters. The van der Waals surface area contributed by atoms with Crippen LogP contribution in [-0.2, 0) is 17.8 Å². The van der Waals surface area contributed by atoms with Gasteiger partial charge in [-0.3, -0.25) is 4.79 Å². The Morgan fingerprint density at radius 1 is 1.03 bits per heavy atom. The number of benzene rings is 2. The molecule has 0 radical (unpaired) electrons. The van der Waals surface area contributed by atoms with E-state index in [0.29, 0.717) is 35.5 Å². The summed E-state index contributed by atoms with van der Waals surface area (Å²) in [5.41, 5.74) is 3.65. The quantitative estimate of drug-likeness (QED) is 0.508. The molecule has 31 heavy (non-hydrogen) atoms. The summed E-state index contributed by atoms with van der Waals surface area (Å²) >= 11 is 0. The number of hydrogen-bond donors (Lipinski definition) is 0. The lowest BCUT2D eigenvalue weighted by atomic mass is 10.2. The predicted octanol–water partition coefficient (Wildman–Crippen LogP) is 3.52. The van der Waals surface area contributed by atoms with Crippen molar-refractivity contribution in [2.24, 2.45) is 0 Å². The zero-order valence-corrected chi connectivity index (χ0v) is 16.5. The number of carbonyl (C=O) groups excluding carboxylic acids is 1. The molecule has 4 aromatic rings. The monoisotopic (exact) mass is 414 g/mol. The van der Waals surface area contributed by atoms with Crippen molar-refractivity contribution in [3.8, 4) is 34.5 Å². The molecule has 2 aromatic heterocycles. The van der Waals surface area contributed by atoms with Crippen molar-refractivity contribution in [2.45, 2.75) is 13.0 Å². The van der Waals surface area contributed by atoms with Crippen LogP contribution in [0.25, 0.3) is 23.0 Å². The number of hydrogen-bond acceptors (Lipinski definition) is 6. The topological polar surface area (TPSA) is 82.6 Å². The van der Waals surface area contributed by atoms with Crippen LogP contribution in [0.5, 0.6) is 11.5 Å². The molecule has 0 fully saturated rings. The molecule has 0 spiro atoms. The molecular formula is C23H18N4O4. The first-order chi connectivity index (χ1) is 15.3. The minimum Gasteiger partial charge on any atom is -0.454 e. The first-order valence-corrected chi connectivity index (χ1v) is 10.0. The van der Waals surface area contributed by atoms with Crippen molar-refractivity contribution < 1.29 is 18.8 Å². The Labute approximate surface area is 177 Å². The largest absolute Gasteiger partial charge is 0.454 e. The third-order valence-electron chi connectivity index (χ3n) is 5.60. The standard InChI is InChI=1S/C23H18N4O4/c28-21(27-11-9-15-4-1-2-5-17(15)27)13-26-10-3-6-18(26)23-24-22(25-31-23)16-7-8-19-20(12-16)30-14-29-19/h1-8,10,12H,9,11,13-14H2. The fourth-order valence-corrected chi connectivity index (χ4v) is 4.05. The zero-order chi connectivity index (χ0) is 20.8. The van der Waals surface area contributed by atoms with Crippen LogP contribution in [0.3, 0.4) is 0 Å². The van der Waals surface area contributed by atoms with Gasteiger partial charge in [0.25, 0.3) is 5.89 Å². The number of para-hydroxylation sites is 1. The summed E-state index contributed by atoms with van der Waals surface area (Å²) < 4.78 is 18.1. The highest BCUT2D eigenvalue weighted by Crippen LogP contribution is 2.35. The highest BCUT2D eigenvalue weighted by Gasteiger charge is 2.25. The average Bonchev–Trinajstić information content (AvgIpc) is 3.58. The van der Waals surface area contributed by atoms with E-state index in [-0.39, 0.29) is 19.2 Å². The Kier molecular flexibility index (Phi) is 4.02. The Hall–Kier alpha value is -4.07. The number of carbonyl (C=O) groups is 1. The summed E-state index contributed by atoms with van der Waals surface area (Å²) in [5.74, 6) is 2.18. The molecule has 6 rings (SSSR count). The van der Waals surface area contributed by atoms with E-state index in [1.807, 2.05) is 64.2 Å². The number of amides is 1. The maximum Gasteiger partial charge on any atom is 0.274 e. The molecular weight excluding hydrogens is 396 g/mol. The van der Waals surface area contributed by atoms with Gasteiger partial charge in [-0.25, -0.2) is 0 Å². The molecule has 2 aliphatic heterocycles. The van der Waals surface area contributed by atoms with E-state index < -0.39 is 0 Å². The average molecular weight is 414 g/mol. The van der Waals surface area contributed by atoms with Crippen LogP contribution in [0.1, 0.15) is 5.56 Å². The first kappa shape index (κ1) is 17.8. The number of anilines is 1. The van der Waals surface area contributed by atoms with Gasteiger partial charge in [0.2, 0.25) is 18.5 Å². The number of aromatic nitrogens is 3. The molecule has 0 N–H and O–H groups in total. The minimum atomic E-state index is 0.0258. The lowest BCUT2D eigenvalue weighted by Crippen LogP contribution is -2.32. The Morgan fingerprint density at radius 3 is 2.90 bits per heavy atom. The molecule has 8 nitrogen and oxygen atoms in total. The van der Waals surface area contributed by atoms with Crippen LogP contribution in [0, 0.1) is 0 Å². The summed E-state index contributed by atoms with van der Waals surface area (Å²) in [5, 5.41) is 4.10. The Morgan fingerprint density at radius 2 is 1.94 bits per heavy atom. The maximum absolute atomic E-state index is 13.0. The van der Waals surface area contributed by atoms with Crippen molar-refractivity contribution in [2.75, 3.05) is 18.2 Å². The van der Waals surface area contributed by atoms with E-state index >= 15 is 0 Å². The number of fused-ring (bicyclic) bond motifs is 2. The molecule has 0 saturated heterocycles. The smallest absolute Gasteiger partial charge is 0.274 e. The molecule has 0 saturated carbocycles. The zero-order valence-electron chi connectivity index (χ0n) is 16.5. The second-order valence-corrected chi connectivity index (χ2v) is 7.44. The summed E-state index contributed by atoms with van der Waals surface area (Å²) in [6.45, 7) is 1.10. The highest BCUT2D eigenvalue weighted by molar-refractivity contribution is 5.95. The number of ether oxygens (including phenoxy) is 2. The lowest BCUT2D eigenvalue weighted by molar-refractivity contribution is -0.119. The molecule has 8 heteroatoms. The second kappa shape index (κ2) is 7.02. The maximum atomic E-state index is 13.0. The van der Waals surface area contributed by atoms with Crippen LogP contribution in [0.15, 0.2) is 65.3 Å². The second-order valence-electron chi connectivity index (χ2n) is 7.44. The summed E-state index contributed by atoms with van der Waals surface area (Å²) in [6.07, 6.45) is 2.72. The van der Waals surface area contributed by atoms with Gasteiger partial charge in [-0.1, -0.05) is 23.4 Å². The normalized spacial score (nSPS) is 14.1. The molecule has 154 valence electrons. The molecule has 0 unspecified atom stereocenters. The Balaban J connectivity index is 1.25. The van der Waals surface area contributed by atoms with E-state index in [1.165, 1.54) is 5.56 Å². The molecule has 0 aliphatic carbocycles. The number of rotatable bonds is 4. The molecule has 2 aliphatic rings. The molecule has 0 bridgehead atoms. The third kappa shape index (κ3) is 3.04. The van der Waals surface area contributed by atoms with Gasteiger partial charge < -0.3 is 23.5 Å². The van der Waals surface area contributed by atoms with Crippen molar-refractivity contribution in [1.82, 2.24) is 14.7 Å². The van der Waals surface area contributed by atoms with Crippen molar-refractivity contribution in [3.05, 3.63) is 66.4 Å². The van der Waals surface area contributed by atoms with Gasteiger partial charge in [0.05, 0.1) is 0 Å². The minimum absolute atomic E-state index is 0.0258. The summed E-state index contributed by atoms with van der Waals surface area (Å²) in [7, 11) is 0. The van der Waals surface area contributed by atoms with Crippen molar-refractivity contribution in [1.29, 1.82) is 0 Å². The van der Waals surface area contributed by atoms with Gasteiger partial charge in [-0.15, -0.1) is 0 Å². The third-order valence-corrected chi connectivity index (χ3v) is 5.60. The summed E-state index contributed by atoms with van der Waals surface area (Å²) in [6, 6.07) is 17.3. The predicted molar refractivity (Wildman–Crippen MR) is 112 cm³/mol. The van der Waals surface area contributed by atoms with E-state index in [9.17, 15) is 4.79 Å². The van der Waals surface area contributed by atoms with E-state index in [0.717, 1.165) is 17.7 Å². The highest BCUT2D eigenvalue weighted by atomic mass is 16.7. The summed E-state index contributed by atoms with van der Waals surface area (Å²) in [4.78, 5) is 19.4. The van der Waals surface area contributed by atoms with E-state index in [1.54, 1.807) is 0 Å². The van der Waals surface area contributed by atoms with Gasteiger partial charge in [0, 0.05) is 24.0 Å². The van der Waals surface area contributed by atoms with Crippen LogP contribution < -0.4 is 14.4 Å². The number of nitrogens with zero attached hydrogens (tertiary/aromatic N) is 4. The molecule has 4 heterocycles. The van der Waals surface area contributed by atoms with Gasteiger partial charge in [-0.05, 0) is 48.4 Å². The van der Waals surface area contributed by atoms with E-state index in [4.69, 9.17) is 14.0 Å². The molecule has 2 aromatic carbocycles. The Bertz CT molecular complexity index is 1290. The van der Waals surface area contributed by atoms with Gasteiger partial charge in [0.1, 0.15) is 12.2 Å². The fourth-order valence-electron chi connectivity index (χ4n) is 4.05. The van der Waals surface area contributed by atoms with Crippen LogP contribution in [0.2, 0.25) is 0 Å². The van der Waals surface area contributed by atoms with E-state index in [2.05, 4.69) is 16.2 Å². The first-order valence-electron chi connectivity index (χ1n) is 10.0. The lowest BCUT2D eigenvalue weighted by Gasteiger charge is -2.18.